The molecular formula is C21H21N3O2S. The molecule has 3 aromatic rings. The van der Waals surface area contributed by atoms with E-state index in [9.17, 15) is 4.79 Å². The van der Waals surface area contributed by atoms with Crippen LogP contribution in [0.25, 0.3) is 11.5 Å². The highest BCUT2D eigenvalue weighted by molar-refractivity contribution is 8.00. The largest absolute Gasteiger partial charge is 0.411 e. The maximum Gasteiger partial charge on any atom is 0.277 e. The number of nitrogens with zero attached hydrogens (tertiary/aromatic N) is 3. The number of thioether (sulfide) groups is 1. The van der Waals surface area contributed by atoms with E-state index in [1.54, 1.807) is 0 Å². The highest BCUT2D eigenvalue weighted by Crippen LogP contribution is 2.35. The molecule has 138 valence electrons. The van der Waals surface area contributed by atoms with E-state index in [1.807, 2.05) is 61.2 Å². The zero-order chi connectivity index (χ0) is 19.0. The third kappa shape index (κ3) is 3.37. The fourth-order valence-corrected chi connectivity index (χ4v) is 4.21. The van der Waals surface area contributed by atoms with Gasteiger partial charge >= 0.3 is 0 Å². The van der Waals surface area contributed by atoms with Crippen LogP contribution in [-0.4, -0.2) is 27.4 Å². The number of amides is 1. The molecule has 0 bridgehead atoms. The van der Waals surface area contributed by atoms with E-state index in [0.717, 1.165) is 23.2 Å². The van der Waals surface area contributed by atoms with Crippen molar-refractivity contribution < 1.29 is 9.21 Å². The van der Waals surface area contributed by atoms with Crippen molar-refractivity contribution in [1.82, 2.24) is 10.2 Å². The van der Waals surface area contributed by atoms with Gasteiger partial charge in [0.1, 0.15) is 0 Å². The maximum atomic E-state index is 13.1. The van der Waals surface area contributed by atoms with Gasteiger partial charge in [-0.05, 0) is 50.5 Å². The van der Waals surface area contributed by atoms with Crippen molar-refractivity contribution in [3.8, 4) is 11.5 Å². The molecule has 2 aromatic carbocycles. The van der Waals surface area contributed by atoms with E-state index < -0.39 is 0 Å². The molecule has 2 heterocycles. The summed E-state index contributed by atoms with van der Waals surface area (Å²) in [5.74, 6) is 0.545. The highest BCUT2D eigenvalue weighted by Gasteiger charge is 2.34. The normalized spacial score (nSPS) is 17.0. The number of benzene rings is 2. The van der Waals surface area contributed by atoms with Gasteiger partial charge in [0.2, 0.25) is 11.8 Å². The number of hydrogen-bond donors (Lipinski definition) is 0. The Labute approximate surface area is 162 Å². The average molecular weight is 379 g/mol. The molecule has 2 atom stereocenters. The van der Waals surface area contributed by atoms with Gasteiger partial charge in [0.25, 0.3) is 5.22 Å². The van der Waals surface area contributed by atoms with Gasteiger partial charge < -0.3 is 9.32 Å². The Hall–Kier alpha value is -2.60. The molecule has 5 nitrogen and oxygen atoms in total. The van der Waals surface area contributed by atoms with Gasteiger partial charge in [-0.25, -0.2) is 0 Å². The van der Waals surface area contributed by atoms with E-state index >= 15 is 0 Å². The number of anilines is 1. The summed E-state index contributed by atoms with van der Waals surface area (Å²) in [5, 5.41) is 8.36. The quantitative estimate of drug-likeness (QED) is 0.625. The van der Waals surface area contributed by atoms with Crippen molar-refractivity contribution in [1.29, 1.82) is 0 Å². The van der Waals surface area contributed by atoms with Crippen molar-refractivity contribution in [2.45, 2.75) is 43.7 Å². The van der Waals surface area contributed by atoms with Crippen LogP contribution in [0.5, 0.6) is 0 Å². The first-order valence-electron chi connectivity index (χ1n) is 9.01. The maximum absolute atomic E-state index is 13.1. The molecule has 0 saturated carbocycles. The lowest BCUT2D eigenvalue weighted by molar-refractivity contribution is -0.118. The predicted molar refractivity (Wildman–Crippen MR) is 107 cm³/mol. The first-order valence-corrected chi connectivity index (χ1v) is 9.89. The predicted octanol–water partition coefficient (Wildman–Crippen LogP) is 4.50. The standard InChI is InChI=1S/C21H21N3O2S/c1-13-8-4-6-10-17(13)19-22-23-21(26-19)27-15(3)20(25)24-14(2)12-16-9-5-7-11-18(16)24/h4-11,14-15H,12H2,1-3H3. The average Bonchev–Trinajstić information content (AvgIpc) is 3.25. The van der Waals surface area contributed by atoms with Gasteiger partial charge in [-0.3, -0.25) is 4.79 Å². The SMILES string of the molecule is Cc1ccccc1-c1nnc(SC(C)C(=O)N2c3ccccc3CC2C)o1. The summed E-state index contributed by atoms with van der Waals surface area (Å²) >= 11 is 1.31. The summed E-state index contributed by atoms with van der Waals surface area (Å²) in [7, 11) is 0. The fraction of sp³-hybridized carbons (Fsp3) is 0.286. The number of carbonyl (C=O) groups excluding carboxylic acids is 1. The Morgan fingerprint density at radius 1 is 1.19 bits per heavy atom. The summed E-state index contributed by atoms with van der Waals surface area (Å²) in [5.41, 5.74) is 4.21. The van der Waals surface area contributed by atoms with Gasteiger partial charge in [0.05, 0.1) is 5.25 Å². The van der Waals surface area contributed by atoms with Crippen molar-refractivity contribution in [3.05, 3.63) is 59.7 Å². The minimum Gasteiger partial charge on any atom is -0.411 e. The van der Waals surface area contributed by atoms with E-state index in [4.69, 9.17) is 4.42 Å². The third-order valence-electron chi connectivity index (χ3n) is 4.85. The van der Waals surface area contributed by atoms with Gasteiger partial charge in [-0.2, -0.15) is 0 Å². The van der Waals surface area contributed by atoms with E-state index in [0.29, 0.717) is 11.1 Å². The zero-order valence-electron chi connectivity index (χ0n) is 15.5. The van der Waals surface area contributed by atoms with Crippen LogP contribution in [0.3, 0.4) is 0 Å². The molecular weight excluding hydrogens is 358 g/mol. The summed E-state index contributed by atoms with van der Waals surface area (Å²) in [4.78, 5) is 15.0. The molecule has 27 heavy (non-hydrogen) atoms. The van der Waals surface area contributed by atoms with Crippen molar-refractivity contribution in [3.63, 3.8) is 0 Å². The van der Waals surface area contributed by atoms with Gasteiger partial charge in [-0.15, -0.1) is 10.2 Å². The van der Waals surface area contributed by atoms with Crippen LogP contribution < -0.4 is 4.90 Å². The first-order chi connectivity index (χ1) is 13.0. The lowest BCUT2D eigenvalue weighted by Crippen LogP contribution is -2.40. The third-order valence-corrected chi connectivity index (χ3v) is 5.77. The molecule has 1 amide bonds. The van der Waals surface area contributed by atoms with Crippen LogP contribution in [-0.2, 0) is 11.2 Å². The number of para-hydroxylation sites is 1. The zero-order valence-corrected chi connectivity index (χ0v) is 16.4. The number of aromatic nitrogens is 2. The molecule has 0 spiro atoms. The van der Waals surface area contributed by atoms with Crippen LogP contribution in [0.2, 0.25) is 0 Å². The molecule has 0 fully saturated rings. The fourth-order valence-electron chi connectivity index (χ4n) is 3.48. The molecule has 0 saturated heterocycles. The van der Waals surface area contributed by atoms with Crippen LogP contribution in [0, 0.1) is 6.92 Å². The second-order valence-corrected chi connectivity index (χ2v) is 8.13. The van der Waals surface area contributed by atoms with Crippen molar-refractivity contribution in [2.24, 2.45) is 0 Å². The summed E-state index contributed by atoms with van der Waals surface area (Å²) in [6.07, 6.45) is 0.886. The molecule has 0 N–H and O–H groups in total. The lowest BCUT2D eigenvalue weighted by Gasteiger charge is -2.25. The Bertz CT molecular complexity index is 985. The number of hydrogen-bond acceptors (Lipinski definition) is 5. The van der Waals surface area contributed by atoms with Gasteiger partial charge in [0.15, 0.2) is 0 Å². The number of aryl methyl sites for hydroxylation is 1. The van der Waals surface area contributed by atoms with E-state index in [2.05, 4.69) is 23.2 Å². The number of rotatable bonds is 4. The minimum absolute atomic E-state index is 0.0630. The second kappa shape index (κ2) is 7.19. The van der Waals surface area contributed by atoms with E-state index in [1.165, 1.54) is 17.3 Å². The Balaban J connectivity index is 1.51. The van der Waals surface area contributed by atoms with Crippen molar-refractivity contribution >= 4 is 23.4 Å². The molecule has 4 rings (SSSR count). The van der Waals surface area contributed by atoms with Crippen LogP contribution >= 0.6 is 11.8 Å². The minimum atomic E-state index is -0.316. The number of carbonyl (C=O) groups is 1. The Morgan fingerprint density at radius 3 is 2.74 bits per heavy atom. The van der Waals surface area contributed by atoms with Crippen LogP contribution in [0.4, 0.5) is 5.69 Å². The molecule has 1 aliphatic heterocycles. The molecule has 0 aliphatic carbocycles. The summed E-state index contributed by atoms with van der Waals surface area (Å²) in [6, 6.07) is 16.1. The monoisotopic (exact) mass is 379 g/mol. The smallest absolute Gasteiger partial charge is 0.277 e. The molecule has 6 heteroatoms. The van der Waals surface area contributed by atoms with Gasteiger partial charge in [0, 0.05) is 17.3 Å². The molecule has 0 radical (unpaired) electrons. The lowest BCUT2D eigenvalue weighted by atomic mass is 10.1. The van der Waals surface area contributed by atoms with Crippen LogP contribution in [0.15, 0.2) is 58.2 Å². The van der Waals surface area contributed by atoms with Crippen molar-refractivity contribution in [2.75, 3.05) is 4.90 Å². The number of fused-ring (bicyclic) bond motifs is 1. The summed E-state index contributed by atoms with van der Waals surface area (Å²) in [6.45, 7) is 5.97. The Morgan fingerprint density at radius 2 is 1.93 bits per heavy atom. The molecule has 1 aromatic heterocycles. The van der Waals surface area contributed by atoms with Crippen LogP contribution in [0.1, 0.15) is 25.0 Å². The van der Waals surface area contributed by atoms with E-state index in [-0.39, 0.29) is 17.2 Å². The highest BCUT2D eigenvalue weighted by atomic mass is 32.2. The first kappa shape index (κ1) is 17.8. The Kier molecular flexibility index (Phi) is 4.74. The summed E-state index contributed by atoms with van der Waals surface area (Å²) < 4.78 is 5.80. The van der Waals surface area contributed by atoms with Gasteiger partial charge in [-0.1, -0.05) is 48.2 Å². The molecule has 1 aliphatic rings. The molecule has 2 unspecified atom stereocenters. The second-order valence-electron chi connectivity index (χ2n) is 6.84. The topological polar surface area (TPSA) is 59.2 Å².